The first-order valence-corrected chi connectivity index (χ1v) is 19.2. The van der Waals surface area contributed by atoms with Gasteiger partial charge >= 0.3 is 7.82 Å². The number of aliphatic hydroxyl groups excluding tert-OH is 1. The number of hydrogen-bond acceptors (Lipinski definition) is 5. The van der Waals surface area contributed by atoms with Crippen molar-refractivity contribution in [2.75, 3.05) is 40.9 Å². The molecule has 0 aliphatic rings. The third-order valence-electron chi connectivity index (χ3n) is 7.67. The van der Waals surface area contributed by atoms with Crippen molar-refractivity contribution in [3.05, 3.63) is 24.3 Å². The molecule has 9 heteroatoms. The molecule has 0 aromatic carbocycles. The second-order valence-corrected chi connectivity index (χ2v) is 14.7. The van der Waals surface area contributed by atoms with Crippen LogP contribution in [-0.4, -0.2) is 73.4 Å². The van der Waals surface area contributed by atoms with E-state index in [0.717, 1.165) is 38.5 Å². The van der Waals surface area contributed by atoms with E-state index in [4.69, 9.17) is 9.05 Å². The first-order valence-electron chi connectivity index (χ1n) is 17.7. The SMILES string of the molecule is CCCCCCCCCC/C=C/CC/C=C/C(O)C(COP(=O)(O)OCC[N+](C)(C)C)NC(=O)CCCCCCCCCC. The van der Waals surface area contributed by atoms with Gasteiger partial charge in [-0.15, -0.1) is 0 Å². The molecule has 0 rings (SSSR count). The third kappa shape index (κ3) is 29.7. The molecule has 44 heavy (non-hydrogen) atoms. The normalized spacial score (nSPS) is 15.2. The number of carbonyl (C=O) groups excluding carboxylic acids is 1. The van der Waals surface area contributed by atoms with E-state index in [0.29, 0.717) is 17.4 Å². The van der Waals surface area contributed by atoms with Crippen LogP contribution in [0.25, 0.3) is 0 Å². The topological polar surface area (TPSA) is 105 Å². The zero-order chi connectivity index (χ0) is 32.9. The van der Waals surface area contributed by atoms with Crippen LogP contribution in [0.2, 0.25) is 0 Å². The molecule has 0 aromatic rings. The standard InChI is InChI=1S/C35H69N2O6P/c1-6-8-10-12-14-16-17-18-19-20-21-22-24-26-28-34(38)33(32-43-44(40,41)42-31-30-37(3,4)5)36-35(39)29-27-25-23-15-13-11-9-7-2/h20-21,26,28,33-34,38H,6-19,22-25,27,29-32H2,1-5H3,(H-,36,39,40,41)/p+1/b21-20+,28-26+. The number of unbranched alkanes of at least 4 members (excludes halogenated alkanes) is 16. The number of likely N-dealkylation sites (N-methyl/N-ethyl adjacent to an activating group) is 1. The highest BCUT2D eigenvalue weighted by Gasteiger charge is 2.27. The number of rotatable bonds is 31. The van der Waals surface area contributed by atoms with Crippen LogP contribution in [0.1, 0.15) is 142 Å². The van der Waals surface area contributed by atoms with Gasteiger partial charge in [-0.2, -0.15) is 0 Å². The second-order valence-electron chi connectivity index (χ2n) is 13.2. The van der Waals surface area contributed by atoms with Crippen molar-refractivity contribution in [2.45, 2.75) is 154 Å². The van der Waals surface area contributed by atoms with E-state index >= 15 is 0 Å². The Kier molecular flexibility index (Phi) is 27.6. The summed E-state index contributed by atoms with van der Waals surface area (Å²) in [7, 11) is 1.55. The largest absolute Gasteiger partial charge is 0.472 e. The maximum atomic E-state index is 12.7. The quantitative estimate of drug-likeness (QED) is 0.0302. The van der Waals surface area contributed by atoms with Crippen LogP contribution in [0.3, 0.4) is 0 Å². The van der Waals surface area contributed by atoms with Crippen molar-refractivity contribution in [2.24, 2.45) is 0 Å². The third-order valence-corrected chi connectivity index (χ3v) is 8.66. The Balaban J connectivity index is 4.63. The van der Waals surface area contributed by atoms with Gasteiger partial charge in [0.05, 0.1) is 39.9 Å². The van der Waals surface area contributed by atoms with Crippen LogP contribution in [0.4, 0.5) is 0 Å². The molecule has 0 aromatic heterocycles. The highest BCUT2D eigenvalue weighted by Crippen LogP contribution is 2.43. The van der Waals surface area contributed by atoms with Gasteiger partial charge in [0.15, 0.2) is 0 Å². The zero-order valence-electron chi connectivity index (χ0n) is 29.1. The lowest BCUT2D eigenvalue weighted by atomic mass is 10.1. The molecule has 0 saturated carbocycles. The summed E-state index contributed by atoms with van der Waals surface area (Å²) >= 11 is 0. The van der Waals surface area contributed by atoms with E-state index < -0.39 is 20.0 Å². The van der Waals surface area contributed by atoms with E-state index in [1.807, 2.05) is 27.2 Å². The maximum absolute atomic E-state index is 12.7. The van der Waals surface area contributed by atoms with Gasteiger partial charge in [0.2, 0.25) is 5.91 Å². The Morgan fingerprint density at radius 2 is 1.25 bits per heavy atom. The number of aliphatic hydroxyl groups is 1. The number of quaternary nitrogens is 1. The summed E-state index contributed by atoms with van der Waals surface area (Å²) in [6.45, 7) is 4.72. The molecule has 0 saturated heterocycles. The number of amides is 1. The van der Waals surface area contributed by atoms with Crippen LogP contribution in [0.5, 0.6) is 0 Å². The summed E-state index contributed by atoms with van der Waals surface area (Å²) in [5.74, 6) is -0.195. The van der Waals surface area contributed by atoms with E-state index in [-0.39, 0.29) is 19.1 Å². The predicted octanol–water partition coefficient (Wildman–Crippen LogP) is 8.63. The van der Waals surface area contributed by atoms with Crippen molar-refractivity contribution in [1.29, 1.82) is 0 Å². The lowest BCUT2D eigenvalue weighted by Gasteiger charge is -2.25. The molecule has 0 bridgehead atoms. The van der Waals surface area contributed by atoms with E-state index in [9.17, 15) is 19.4 Å². The van der Waals surface area contributed by atoms with Crippen LogP contribution in [-0.2, 0) is 18.4 Å². The molecule has 1 amide bonds. The van der Waals surface area contributed by atoms with E-state index in [1.54, 1.807) is 6.08 Å². The number of nitrogens with zero attached hydrogens (tertiary/aromatic N) is 1. The van der Waals surface area contributed by atoms with Crippen molar-refractivity contribution in [3.8, 4) is 0 Å². The Labute approximate surface area is 271 Å². The lowest BCUT2D eigenvalue weighted by Crippen LogP contribution is -2.45. The molecule has 0 heterocycles. The van der Waals surface area contributed by atoms with E-state index in [2.05, 4.69) is 31.3 Å². The Morgan fingerprint density at radius 1 is 0.750 bits per heavy atom. The average Bonchev–Trinajstić information content (AvgIpc) is 2.95. The van der Waals surface area contributed by atoms with Gasteiger partial charge in [-0.1, -0.05) is 128 Å². The number of hydrogen-bond donors (Lipinski definition) is 3. The minimum absolute atomic E-state index is 0.0573. The van der Waals surface area contributed by atoms with Gasteiger partial charge in [-0.25, -0.2) is 4.57 Å². The van der Waals surface area contributed by atoms with Gasteiger partial charge in [-0.05, 0) is 32.1 Å². The van der Waals surface area contributed by atoms with Gasteiger partial charge in [0.25, 0.3) is 0 Å². The first kappa shape index (κ1) is 43.0. The number of nitrogens with one attached hydrogen (secondary N) is 1. The number of allylic oxidation sites excluding steroid dienone is 3. The molecule has 3 unspecified atom stereocenters. The predicted molar refractivity (Wildman–Crippen MR) is 185 cm³/mol. The Hall–Kier alpha value is -1.02. The molecule has 0 aliphatic heterocycles. The van der Waals surface area contributed by atoms with Crippen LogP contribution < -0.4 is 5.32 Å². The van der Waals surface area contributed by atoms with Gasteiger partial charge in [0, 0.05) is 6.42 Å². The summed E-state index contributed by atoms with van der Waals surface area (Å²) in [6, 6.07) is -0.854. The van der Waals surface area contributed by atoms with Crippen molar-refractivity contribution < 1.29 is 32.9 Å². The van der Waals surface area contributed by atoms with Gasteiger partial charge < -0.3 is 19.8 Å². The van der Waals surface area contributed by atoms with Crippen molar-refractivity contribution in [1.82, 2.24) is 5.32 Å². The van der Waals surface area contributed by atoms with E-state index in [1.165, 1.54) is 83.5 Å². The molecular weight excluding hydrogens is 575 g/mol. The summed E-state index contributed by atoms with van der Waals surface area (Å²) in [5.41, 5.74) is 0. The highest BCUT2D eigenvalue weighted by molar-refractivity contribution is 7.47. The smallest absolute Gasteiger partial charge is 0.387 e. The zero-order valence-corrected chi connectivity index (χ0v) is 30.0. The minimum atomic E-state index is -4.32. The monoisotopic (exact) mass is 645 g/mol. The summed E-state index contributed by atoms with van der Waals surface area (Å²) in [5, 5.41) is 13.6. The maximum Gasteiger partial charge on any atom is 0.472 e. The minimum Gasteiger partial charge on any atom is -0.387 e. The number of phosphoric acid groups is 1. The molecule has 3 atom stereocenters. The first-order chi connectivity index (χ1) is 21.0. The van der Waals surface area contributed by atoms with Crippen molar-refractivity contribution >= 4 is 13.7 Å². The average molecular weight is 646 g/mol. The fourth-order valence-corrected chi connectivity index (χ4v) is 5.50. The summed E-state index contributed by atoms with van der Waals surface area (Å²) in [4.78, 5) is 22.8. The molecule has 3 N–H and O–H groups in total. The molecule has 0 radical (unpaired) electrons. The van der Waals surface area contributed by atoms with Crippen LogP contribution in [0.15, 0.2) is 24.3 Å². The van der Waals surface area contributed by atoms with Crippen molar-refractivity contribution in [3.63, 3.8) is 0 Å². The Bertz CT molecular complexity index is 784. The summed E-state index contributed by atoms with van der Waals surface area (Å²) in [6.07, 6.45) is 29.6. The van der Waals surface area contributed by atoms with Crippen LogP contribution >= 0.6 is 7.82 Å². The molecule has 8 nitrogen and oxygen atoms in total. The number of carbonyl (C=O) groups is 1. The number of phosphoric ester groups is 1. The fraction of sp³-hybridized carbons (Fsp3) is 0.857. The van der Waals surface area contributed by atoms with Gasteiger partial charge in [0.1, 0.15) is 13.2 Å². The molecule has 0 aliphatic carbocycles. The highest BCUT2D eigenvalue weighted by atomic mass is 31.2. The lowest BCUT2D eigenvalue weighted by molar-refractivity contribution is -0.870. The molecule has 0 fully saturated rings. The van der Waals surface area contributed by atoms with Crippen LogP contribution in [0, 0.1) is 0 Å². The Morgan fingerprint density at radius 3 is 1.82 bits per heavy atom. The summed E-state index contributed by atoms with van der Waals surface area (Å²) < 4.78 is 23.3. The fourth-order valence-electron chi connectivity index (χ4n) is 4.76. The van der Waals surface area contributed by atoms with Gasteiger partial charge in [-0.3, -0.25) is 13.8 Å². The molecular formula is C35H70N2O6P+. The molecule has 0 spiro atoms. The second kappa shape index (κ2) is 28.2. The molecule has 260 valence electrons.